The van der Waals surface area contributed by atoms with Gasteiger partial charge in [0.25, 0.3) is 0 Å². The minimum absolute atomic E-state index is 0.0193. The first-order valence-electron chi connectivity index (χ1n) is 8.75. The molecule has 2 unspecified atom stereocenters. The molecule has 1 saturated heterocycles. The second-order valence-corrected chi connectivity index (χ2v) is 8.60. The second-order valence-electron chi connectivity index (χ2n) is 7.75. The molecule has 0 spiro atoms. The maximum absolute atomic E-state index is 11.5. The smallest absolute Gasteiger partial charge is 0.407 e. The predicted octanol–water partition coefficient (Wildman–Crippen LogP) is 5.01. The number of carboxylic acid groups (broad SMARTS) is 1. The number of nitrogens with zero attached hydrogens (tertiary/aromatic N) is 1. The molecule has 2 aromatic carbocycles. The number of benzene rings is 2. The van der Waals surface area contributed by atoms with Gasteiger partial charge in [-0.2, -0.15) is 0 Å². The van der Waals surface area contributed by atoms with Crippen LogP contribution in [0.4, 0.5) is 16.2 Å². The van der Waals surface area contributed by atoms with Gasteiger partial charge >= 0.3 is 6.09 Å². The van der Waals surface area contributed by atoms with E-state index in [1.165, 1.54) is 4.90 Å². The molecule has 0 bridgehead atoms. The van der Waals surface area contributed by atoms with E-state index in [0.717, 1.165) is 10.2 Å². The molecule has 144 valence electrons. The molecule has 27 heavy (non-hydrogen) atoms. The second kappa shape index (κ2) is 7.31. The van der Waals surface area contributed by atoms with Gasteiger partial charge in [0, 0.05) is 6.54 Å². The van der Waals surface area contributed by atoms with Crippen molar-refractivity contribution in [2.75, 3.05) is 17.6 Å². The fraction of sp³-hybridized carbons (Fsp3) is 0.350. The van der Waals surface area contributed by atoms with Gasteiger partial charge in [-0.3, -0.25) is 0 Å². The molecule has 0 radical (unpaired) electrons. The Labute approximate surface area is 167 Å². The zero-order valence-electron chi connectivity index (χ0n) is 15.6. The van der Waals surface area contributed by atoms with Crippen molar-refractivity contribution in [2.45, 2.75) is 32.9 Å². The third-order valence-corrected chi connectivity index (χ3v) is 5.32. The summed E-state index contributed by atoms with van der Waals surface area (Å²) in [6, 6.07) is 13.0. The number of carbonyl (C=O) groups is 1. The molecule has 0 saturated carbocycles. The summed E-state index contributed by atoms with van der Waals surface area (Å²) in [5, 5.41) is 12.8. The molecule has 1 amide bonds. The van der Waals surface area contributed by atoms with Crippen LogP contribution in [0.2, 0.25) is 0 Å². The highest BCUT2D eigenvalue weighted by Gasteiger charge is 2.48. The zero-order chi connectivity index (χ0) is 19.8. The van der Waals surface area contributed by atoms with E-state index in [1.54, 1.807) is 0 Å². The normalized spacial score (nSPS) is 19.3. The number of halogens is 1. The molecule has 0 aromatic heterocycles. The first kappa shape index (κ1) is 19.4. The first-order chi connectivity index (χ1) is 12.7. The van der Waals surface area contributed by atoms with Crippen LogP contribution in [0.15, 0.2) is 46.9 Å². The van der Waals surface area contributed by atoms with E-state index in [9.17, 15) is 9.90 Å². The number of nitrogen functional groups attached to an aromatic ring is 1. The van der Waals surface area contributed by atoms with E-state index in [2.05, 4.69) is 21.2 Å². The van der Waals surface area contributed by atoms with Crippen LogP contribution in [0.5, 0.6) is 11.5 Å². The summed E-state index contributed by atoms with van der Waals surface area (Å²) in [7, 11) is 0. The summed E-state index contributed by atoms with van der Waals surface area (Å²) >= 11 is 3.49. The van der Waals surface area contributed by atoms with Crippen LogP contribution in [0.25, 0.3) is 0 Å². The van der Waals surface area contributed by atoms with E-state index in [0.29, 0.717) is 23.7 Å². The monoisotopic (exact) mass is 433 g/mol. The Hall–Kier alpha value is -2.41. The van der Waals surface area contributed by atoms with Crippen LogP contribution in [0.1, 0.15) is 20.8 Å². The van der Waals surface area contributed by atoms with Crippen molar-refractivity contribution in [2.24, 2.45) is 5.41 Å². The lowest BCUT2D eigenvalue weighted by Gasteiger charge is -2.53. The Morgan fingerprint density at radius 1 is 1.26 bits per heavy atom. The molecule has 1 aliphatic rings. The van der Waals surface area contributed by atoms with E-state index < -0.39 is 6.09 Å². The molecular weight excluding hydrogens is 410 g/mol. The maximum atomic E-state index is 11.5. The van der Waals surface area contributed by atoms with E-state index in [4.69, 9.17) is 10.5 Å². The van der Waals surface area contributed by atoms with Crippen molar-refractivity contribution in [3.05, 3.63) is 46.9 Å². The van der Waals surface area contributed by atoms with Crippen molar-refractivity contribution in [1.29, 1.82) is 0 Å². The van der Waals surface area contributed by atoms with E-state index in [-0.39, 0.29) is 17.5 Å². The van der Waals surface area contributed by atoms with Gasteiger partial charge in [-0.15, -0.1) is 0 Å². The Bertz CT molecular complexity index is 836. The zero-order valence-corrected chi connectivity index (χ0v) is 17.2. The summed E-state index contributed by atoms with van der Waals surface area (Å²) in [5.41, 5.74) is 7.38. The van der Waals surface area contributed by atoms with Gasteiger partial charge in [-0.25, -0.2) is 4.79 Å². The Morgan fingerprint density at radius 2 is 1.93 bits per heavy atom. The highest BCUT2D eigenvalue weighted by Crippen LogP contribution is 2.42. The number of nitrogens with one attached hydrogen (secondary N) is 1. The number of likely N-dealkylation sites (tertiary alicyclic amines) is 1. The van der Waals surface area contributed by atoms with Crippen molar-refractivity contribution in [3.63, 3.8) is 0 Å². The molecule has 0 aliphatic carbocycles. The Kier molecular flexibility index (Phi) is 5.24. The van der Waals surface area contributed by atoms with Crippen molar-refractivity contribution in [1.82, 2.24) is 4.90 Å². The number of amides is 1. The SMILES string of the molecule is CC(C)(C)C1C(Nc2ccc(Br)c(Oc3ccccc3)c2N)CN1C(=O)O. The molecule has 7 heteroatoms. The largest absolute Gasteiger partial charge is 0.465 e. The van der Waals surface area contributed by atoms with Crippen molar-refractivity contribution < 1.29 is 14.6 Å². The molecule has 2 aromatic rings. The topological polar surface area (TPSA) is 87.8 Å². The standard InChI is InChI=1S/C20H24BrN3O3/c1-20(2,3)18-15(11-24(18)19(25)26)23-14-10-9-13(21)17(16(14)22)27-12-7-5-4-6-8-12/h4-10,15,18,23H,11,22H2,1-3H3,(H,25,26). The van der Waals surface area contributed by atoms with Crippen LogP contribution in [0, 0.1) is 5.41 Å². The Morgan fingerprint density at radius 3 is 2.52 bits per heavy atom. The van der Waals surface area contributed by atoms with Gasteiger partial charge in [0.2, 0.25) is 0 Å². The number of para-hydroxylation sites is 1. The predicted molar refractivity (Wildman–Crippen MR) is 110 cm³/mol. The minimum atomic E-state index is -0.898. The average molecular weight is 434 g/mol. The molecular formula is C20H24BrN3O3. The Balaban J connectivity index is 1.84. The first-order valence-corrected chi connectivity index (χ1v) is 9.54. The van der Waals surface area contributed by atoms with Gasteiger partial charge < -0.3 is 25.8 Å². The lowest BCUT2D eigenvalue weighted by atomic mass is 9.76. The van der Waals surface area contributed by atoms with Crippen molar-refractivity contribution in [3.8, 4) is 11.5 Å². The van der Waals surface area contributed by atoms with Crippen molar-refractivity contribution >= 4 is 33.4 Å². The number of ether oxygens (including phenoxy) is 1. The lowest BCUT2D eigenvalue weighted by molar-refractivity contribution is 0.00833. The van der Waals surface area contributed by atoms with Gasteiger partial charge in [0.1, 0.15) is 5.75 Å². The minimum Gasteiger partial charge on any atom is -0.465 e. The molecule has 1 heterocycles. The van der Waals surface area contributed by atoms with Crippen LogP contribution >= 0.6 is 15.9 Å². The highest BCUT2D eigenvalue weighted by molar-refractivity contribution is 9.10. The number of anilines is 2. The van der Waals surface area contributed by atoms with E-state index >= 15 is 0 Å². The number of hydrogen-bond acceptors (Lipinski definition) is 4. The number of nitrogens with two attached hydrogens (primary N) is 1. The summed E-state index contributed by atoms with van der Waals surface area (Å²) in [4.78, 5) is 12.9. The van der Waals surface area contributed by atoms with Gasteiger partial charge in [-0.1, -0.05) is 39.0 Å². The summed E-state index contributed by atoms with van der Waals surface area (Å²) < 4.78 is 6.70. The molecule has 6 nitrogen and oxygen atoms in total. The van der Waals surface area contributed by atoms with Crippen LogP contribution < -0.4 is 15.8 Å². The quantitative estimate of drug-likeness (QED) is 0.589. The lowest BCUT2D eigenvalue weighted by Crippen LogP contribution is -2.69. The third kappa shape index (κ3) is 3.98. The van der Waals surface area contributed by atoms with E-state index in [1.807, 2.05) is 63.2 Å². The summed E-state index contributed by atoms with van der Waals surface area (Å²) in [6.07, 6.45) is -0.898. The average Bonchev–Trinajstić information content (AvgIpc) is 2.55. The fourth-order valence-electron chi connectivity index (χ4n) is 3.51. The summed E-state index contributed by atoms with van der Waals surface area (Å²) in [5.74, 6) is 1.23. The fourth-order valence-corrected chi connectivity index (χ4v) is 3.93. The van der Waals surface area contributed by atoms with Gasteiger partial charge in [0.15, 0.2) is 5.75 Å². The van der Waals surface area contributed by atoms with Gasteiger partial charge in [-0.05, 0) is 45.6 Å². The molecule has 1 fully saturated rings. The number of hydrogen-bond donors (Lipinski definition) is 3. The number of rotatable bonds is 4. The summed E-state index contributed by atoms with van der Waals surface area (Å²) in [6.45, 7) is 6.53. The van der Waals surface area contributed by atoms with Crippen LogP contribution in [-0.4, -0.2) is 34.7 Å². The molecule has 1 aliphatic heterocycles. The maximum Gasteiger partial charge on any atom is 0.407 e. The third-order valence-electron chi connectivity index (χ3n) is 4.70. The van der Waals surface area contributed by atoms with Gasteiger partial charge in [0.05, 0.1) is 27.9 Å². The molecule has 4 N–H and O–H groups in total. The molecule has 3 rings (SSSR count). The molecule has 2 atom stereocenters. The van der Waals surface area contributed by atoms with Crippen LogP contribution in [0.3, 0.4) is 0 Å². The highest BCUT2D eigenvalue weighted by atomic mass is 79.9. The van der Waals surface area contributed by atoms with Crippen LogP contribution in [-0.2, 0) is 0 Å².